The number of nitrogens with zero attached hydrogens (tertiary/aromatic N) is 1. The van der Waals surface area contributed by atoms with Crippen molar-refractivity contribution in [3.8, 4) is 0 Å². The Balaban J connectivity index is 1.83. The minimum absolute atomic E-state index is 0.131. The lowest BCUT2D eigenvalue weighted by molar-refractivity contribution is -0.121. The number of benzene rings is 1. The van der Waals surface area contributed by atoms with E-state index in [1.807, 2.05) is 40.6 Å². The molecule has 0 saturated heterocycles. The van der Waals surface area contributed by atoms with Crippen LogP contribution in [0.2, 0.25) is 0 Å². The van der Waals surface area contributed by atoms with E-state index >= 15 is 0 Å². The number of amides is 3. The van der Waals surface area contributed by atoms with Crippen molar-refractivity contribution in [1.29, 1.82) is 0 Å². The summed E-state index contributed by atoms with van der Waals surface area (Å²) < 4.78 is 0. The van der Waals surface area contributed by atoms with Crippen LogP contribution in [0.15, 0.2) is 60.5 Å². The second-order valence-electron chi connectivity index (χ2n) is 4.91. The number of hydrogen-bond donors (Lipinski definition) is 2. The summed E-state index contributed by atoms with van der Waals surface area (Å²) in [7, 11) is 0. The topological polar surface area (TPSA) is 61.4 Å². The van der Waals surface area contributed by atoms with Gasteiger partial charge in [0.2, 0.25) is 5.91 Å². The Hall–Kier alpha value is -2.44. The van der Waals surface area contributed by atoms with E-state index in [0.29, 0.717) is 18.8 Å². The van der Waals surface area contributed by atoms with Crippen LogP contribution in [0.4, 0.5) is 10.5 Å². The molecule has 2 N–H and O–H groups in total. The second-order valence-corrected chi connectivity index (χ2v) is 5.94. The molecule has 0 saturated carbocycles. The molecule has 2 rings (SSSR count). The first-order valence-electron chi connectivity index (χ1n) is 7.19. The molecule has 3 amide bonds. The predicted molar refractivity (Wildman–Crippen MR) is 93.4 cm³/mol. The van der Waals surface area contributed by atoms with Crippen LogP contribution in [0.25, 0.3) is 0 Å². The molecule has 0 spiro atoms. The van der Waals surface area contributed by atoms with Gasteiger partial charge in [-0.3, -0.25) is 15.0 Å². The Labute approximate surface area is 139 Å². The molecule has 0 bridgehead atoms. The standard InChI is InChI=1S/C17H19N3O2S/c1-2-10-20(12-15-9-6-11-23-15)13-16(21)19-17(22)18-14-7-4-3-5-8-14/h2-9,11H,1,10,12-13H2,(H2,18,19,21,22). The molecule has 1 aromatic carbocycles. The molecule has 0 aliphatic rings. The van der Waals surface area contributed by atoms with Gasteiger partial charge in [-0.2, -0.15) is 0 Å². The zero-order valence-corrected chi connectivity index (χ0v) is 13.5. The maximum absolute atomic E-state index is 12.0. The molecule has 6 heteroatoms. The van der Waals surface area contributed by atoms with Gasteiger partial charge in [-0.25, -0.2) is 4.79 Å². The van der Waals surface area contributed by atoms with Crippen LogP contribution in [0.3, 0.4) is 0 Å². The average Bonchev–Trinajstić information content (AvgIpc) is 3.01. The fourth-order valence-corrected chi connectivity index (χ4v) is 2.79. The average molecular weight is 329 g/mol. The summed E-state index contributed by atoms with van der Waals surface area (Å²) in [5, 5.41) is 6.95. The van der Waals surface area contributed by atoms with E-state index in [0.717, 1.165) is 4.88 Å². The highest BCUT2D eigenvalue weighted by Crippen LogP contribution is 2.11. The first-order valence-corrected chi connectivity index (χ1v) is 8.07. The highest BCUT2D eigenvalue weighted by molar-refractivity contribution is 7.09. The van der Waals surface area contributed by atoms with Gasteiger partial charge in [-0.1, -0.05) is 30.3 Å². The van der Waals surface area contributed by atoms with Crippen molar-refractivity contribution in [2.24, 2.45) is 0 Å². The van der Waals surface area contributed by atoms with Crippen molar-refractivity contribution in [3.63, 3.8) is 0 Å². The highest BCUT2D eigenvalue weighted by atomic mass is 32.1. The second kappa shape index (κ2) is 8.87. The van der Waals surface area contributed by atoms with Crippen LogP contribution in [0.5, 0.6) is 0 Å². The van der Waals surface area contributed by atoms with Crippen molar-refractivity contribution < 1.29 is 9.59 Å². The van der Waals surface area contributed by atoms with Crippen LogP contribution in [0.1, 0.15) is 4.88 Å². The summed E-state index contributed by atoms with van der Waals surface area (Å²) in [6.07, 6.45) is 1.74. The van der Waals surface area contributed by atoms with Crippen molar-refractivity contribution >= 4 is 29.0 Å². The third-order valence-corrected chi connectivity index (χ3v) is 3.86. The highest BCUT2D eigenvalue weighted by Gasteiger charge is 2.13. The number of nitrogens with one attached hydrogen (secondary N) is 2. The van der Waals surface area contributed by atoms with Gasteiger partial charge in [0.05, 0.1) is 6.54 Å². The molecular formula is C17H19N3O2S. The SMILES string of the molecule is C=CCN(CC(=O)NC(=O)Nc1ccccc1)Cc1cccs1. The summed E-state index contributed by atoms with van der Waals surface area (Å²) >= 11 is 1.63. The molecule has 23 heavy (non-hydrogen) atoms. The van der Waals surface area contributed by atoms with Gasteiger partial charge < -0.3 is 5.32 Å². The van der Waals surface area contributed by atoms with E-state index in [1.54, 1.807) is 29.5 Å². The first kappa shape index (κ1) is 16.9. The Bertz CT molecular complexity index is 641. The zero-order chi connectivity index (χ0) is 16.5. The van der Waals surface area contributed by atoms with Gasteiger partial charge in [-0.15, -0.1) is 17.9 Å². The summed E-state index contributed by atoms with van der Waals surface area (Å²) in [6.45, 7) is 5.06. The number of thiophene rings is 1. The molecular weight excluding hydrogens is 310 g/mol. The number of hydrogen-bond acceptors (Lipinski definition) is 4. The van der Waals surface area contributed by atoms with E-state index in [4.69, 9.17) is 0 Å². The number of carbonyl (C=O) groups excluding carboxylic acids is 2. The number of anilines is 1. The van der Waals surface area contributed by atoms with Crippen molar-refractivity contribution in [1.82, 2.24) is 10.2 Å². The molecule has 1 aromatic heterocycles. The van der Waals surface area contributed by atoms with Crippen molar-refractivity contribution in [3.05, 3.63) is 65.4 Å². The zero-order valence-electron chi connectivity index (χ0n) is 12.7. The van der Waals surface area contributed by atoms with E-state index in [9.17, 15) is 9.59 Å². The molecule has 120 valence electrons. The Kier molecular flexibility index (Phi) is 6.53. The van der Waals surface area contributed by atoms with Crippen molar-refractivity contribution in [2.45, 2.75) is 6.54 Å². The summed E-state index contributed by atoms with van der Waals surface area (Å²) in [4.78, 5) is 26.9. The van der Waals surface area contributed by atoms with E-state index in [-0.39, 0.29) is 12.5 Å². The van der Waals surface area contributed by atoms with Crippen LogP contribution < -0.4 is 10.6 Å². The number of rotatable bonds is 7. The fourth-order valence-electron chi connectivity index (χ4n) is 2.04. The molecule has 0 aliphatic carbocycles. The van der Waals surface area contributed by atoms with E-state index in [1.165, 1.54) is 0 Å². The summed E-state index contributed by atoms with van der Waals surface area (Å²) in [6, 6.07) is 12.4. The molecule has 0 radical (unpaired) electrons. The molecule has 0 fully saturated rings. The lowest BCUT2D eigenvalue weighted by atomic mass is 10.3. The largest absolute Gasteiger partial charge is 0.325 e. The maximum Gasteiger partial charge on any atom is 0.325 e. The minimum Gasteiger partial charge on any atom is -0.308 e. The van der Waals surface area contributed by atoms with Crippen LogP contribution >= 0.6 is 11.3 Å². The molecule has 0 aliphatic heterocycles. The Morgan fingerprint density at radius 3 is 2.61 bits per heavy atom. The lowest BCUT2D eigenvalue weighted by Gasteiger charge is -2.19. The van der Waals surface area contributed by atoms with Crippen molar-refractivity contribution in [2.75, 3.05) is 18.4 Å². The quantitative estimate of drug-likeness (QED) is 0.767. The van der Waals surface area contributed by atoms with Gasteiger partial charge in [-0.05, 0) is 23.6 Å². The third-order valence-electron chi connectivity index (χ3n) is 3.00. The molecule has 0 unspecified atom stereocenters. The summed E-state index contributed by atoms with van der Waals surface area (Å²) in [5.74, 6) is -0.350. The summed E-state index contributed by atoms with van der Waals surface area (Å²) in [5.41, 5.74) is 0.638. The number of urea groups is 1. The van der Waals surface area contributed by atoms with Crippen LogP contribution in [-0.2, 0) is 11.3 Å². The Morgan fingerprint density at radius 1 is 1.17 bits per heavy atom. The smallest absolute Gasteiger partial charge is 0.308 e. The van der Waals surface area contributed by atoms with Gasteiger partial charge in [0.25, 0.3) is 0 Å². The number of imide groups is 1. The van der Waals surface area contributed by atoms with Crippen LogP contribution in [-0.4, -0.2) is 29.9 Å². The van der Waals surface area contributed by atoms with Crippen LogP contribution in [0, 0.1) is 0 Å². The monoisotopic (exact) mass is 329 g/mol. The minimum atomic E-state index is -0.532. The molecule has 0 atom stereocenters. The molecule has 1 heterocycles. The van der Waals surface area contributed by atoms with Gasteiger partial charge >= 0.3 is 6.03 Å². The molecule has 5 nitrogen and oxygen atoms in total. The van der Waals surface area contributed by atoms with Gasteiger partial charge in [0.1, 0.15) is 0 Å². The predicted octanol–water partition coefficient (Wildman–Crippen LogP) is 3.08. The normalized spacial score (nSPS) is 10.3. The number of carbonyl (C=O) groups is 2. The van der Waals surface area contributed by atoms with Gasteiger partial charge in [0.15, 0.2) is 0 Å². The fraction of sp³-hybridized carbons (Fsp3) is 0.176. The molecule has 2 aromatic rings. The Morgan fingerprint density at radius 2 is 1.96 bits per heavy atom. The first-order chi connectivity index (χ1) is 11.2. The van der Waals surface area contributed by atoms with E-state index < -0.39 is 6.03 Å². The van der Waals surface area contributed by atoms with Gasteiger partial charge in [0, 0.05) is 23.7 Å². The lowest BCUT2D eigenvalue weighted by Crippen LogP contribution is -2.41. The number of para-hydroxylation sites is 1. The third kappa shape index (κ3) is 6.06. The maximum atomic E-state index is 12.0. The van der Waals surface area contributed by atoms with E-state index in [2.05, 4.69) is 17.2 Å².